The highest BCUT2D eigenvalue weighted by molar-refractivity contribution is 5.79. The van der Waals surface area contributed by atoms with E-state index in [1.165, 1.54) is 6.92 Å². The van der Waals surface area contributed by atoms with E-state index in [1.807, 2.05) is 6.92 Å². The van der Waals surface area contributed by atoms with Gasteiger partial charge in [-0.1, -0.05) is 53.2 Å². The molecule has 0 aromatic heterocycles. The van der Waals surface area contributed by atoms with Gasteiger partial charge in [-0.15, -0.1) is 0 Å². The Kier molecular flexibility index (Phi) is 18.7. The Labute approximate surface area is 488 Å². The zero-order chi connectivity index (χ0) is 61.1. The maximum atomic E-state index is 15.4. The number of carbonyl (C=O) groups is 1. The minimum atomic E-state index is -1.90. The molecule has 0 bridgehead atoms. The van der Waals surface area contributed by atoms with Crippen molar-refractivity contribution in [2.24, 2.45) is 50.2 Å². The minimum Gasteiger partial charge on any atom is -0.432 e. The third-order valence-corrected chi connectivity index (χ3v) is 22.9. The minimum absolute atomic E-state index is 0.0875. The van der Waals surface area contributed by atoms with Gasteiger partial charge in [-0.25, -0.2) is 0 Å². The number of aliphatic hydroxyl groups excluding tert-OH is 15. The summed E-state index contributed by atoms with van der Waals surface area (Å²) in [5, 5.41) is 162. The second-order valence-corrected chi connectivity index (χ2v) is 28.0. The molecule has 9 fully saturated rings. The number of aliphatic hydroxyl groups is 15. The quantitative estimate of drug-likeness (QED) is 0.0499. The zero-order valence-corrected chi connectivity index (χ0v) is 49.0. The molecular weight excluding hydrogens is 1110 g/mol. The molecule has 26 nitrogen and oxygen atoms in total. The number of rotatable bonds is 13. The normalized spacial score (nSPS) is 54.9. The van der Waals surface area contributed by atoms with Crippen LogP contribution in [0.4, 0.5) is 0 Å². The van der Waals surface area contributed by atoms with Gasteiger partial charge in [0.05, 0.1) is 50.7 Å². The Morgan fingerprint density at radius 2 is 1.12 bits per heavy atom. The van der Waals surface area contributed by atoms with Gasteiger partial charge in [0.15, 0.2) is 31.3 Å². The highest BCUT2D eigenvalue weighted by atomic mass is 16.8. The van der Waals surface area contributed by atoms with Gasteiger partial charge in [-0.3, -0.25) is 4.79 Å². The summed E-state index contributed by atoms with van der Waals surface area (Å²) in [6.07, 6.45) is -29.3. The third kappa shape index (κ3) is 10.8. The summed E-state index contributed by atoms with van der Waals surface area (Å²) in [6, 6.07) is 0. The lowest BCUT2D eigenvalue weighted by molar-refractivity contribution is -0.379. The fourth-order valence-corrected chi connectivity index (χ4v) is 17.4. The first kappa shape index (κ1) is 65.2. The molecule has 4 saturated carbocycles. The largest absolute Gasteiger partial charge is 0.432 e. The van der Waals surface area contributed by atoms with Crippen LogP contribution in [0.15, 0.2) is 11.6 Å². The molecule has 32 atom stereocenters. The Morgan fingerprint density at radius 1 is 0.548 bits per heavy atom. The molecule has 5 aliphatic carbocycles. The first-order valence-electron chi connectivity index (χ1n) is 30.2. The fourth-order valence-electron chi connectivity index (χ4n) is 17.4. The summed E-state index contributed by atoms with van der Waals surface area (Å²) in [5.41, 5.74) is -2.13. The molecule has 0 spiro atoms. The zero-order valence-electron chi connectivity index (χ0n) is 49.0. The number of carbonyl (C=O) groups excluding carboxylic acids is 1. The van der Waals surface area contributed by atoms with Gasteiger partial charge < -0.3 is 124 Å². The van der Waals surface area contributed by atoms with Crippen molar-refractivity contribution in [3.05, 3.63) is 11.6 Å². The number of esters is 1. The highest BCUT2D eigenvalue weighted by Gasteiger charge is 2.71. The lowest BCUT2D eigenvalue weighted by Gasteiger charge is -2.71. The molecule has 0 radical (unpaired) electrons. The smallest absolute Gasteiger partial charge is 0.315 e. The number of hydrogen-bond donors (Lipinski definition) is 15. The molecule has 482 valence electrons. The van der Waals surface area contributed by atoms with Gasteiger partial charge in [0.25, 0.3) is 0 Å². The van der Waals surface area contributed by atoms with Crippen LogP contribution in [-0.4, -0.2) is 263 Å². The van der Waals surface area contributed by atoms with Crippen molar-refractivity contribution in [1.82, 2.24) is 0 Å². The Balaban J connectivity index is 0.878. The van der Waals surface area contributed by atoms with Gasteiger partial charge in [0.1, 0.15) is 97.7 Å². The van der Waals surface area contributed by atoms with Crippen LogP contribution in [0.2, 0.25) is 0 Å². The van der Waals surface area contributed by atoms with Crippen LogP contribution in [-0.2, 0) is 52.2 Å². The van der Waals surface area contributed by atoms with Crippen molar-refractivity contribution in [1.29, 1.82) is 0 Å². The van der Waals surface area contributed by atoms with Crippen LogP contribution in [0.1, 0.15) is 113 Å². The standard InChI is InChI=1S/C58H94O26/c1-24-34(64)44(81-47-41(71)35(65)27(62)21-75-47)43(73)49(77-24)82-45-36(66)28(63)22-76-50(45)80-33-11-12-54(4)31(55(33,5)23-61)10-13-57(7)32(54)9-8-25-26-18-53(2,3)14-16-58(26,17-15-56(25,57)6)52(74)84-51-46(40(70)38(68)30(20-60)79-51)83-48-42(72)39(69)37(67)29(19-59)78-48/h8,24,26-51,59-73H,9-23H2,1-7H3/t24-,26-,27+,28+,29+,30+,31-,32-,33-,34-,35+,36+,37-,38+,39+,40-,41-,42+,43+,44+,45-,46+,47+,48-,49-,50+,51+,54+,55+,56-,57-,58-/m1/s1. The number of fused-ring (bicyclic) bond motifs is 7. The lowest BCUT2D eigenvalue weighted by Crippen LogP contribution is -2.67. The predicted molar refractivity (Wildman–Crippen MR) is 283 cm³/mol. The average molecular weight is 1210 g/mol. The van der Waals surface area contributed by atoms with Crippen LogP contribution >= 0.6 is 0 Å². The van der Waals surface area contributed by atoms with Crippen molar-refractivity contribution in [2.45, 2.75) is 260 Å². The van der Waals surface area contributed by atoms with Gasteiger partial charge in [0.2, 0.25) is 6.29 Å². The first-order chi connectivity index (χ1) is 39.4. The molecule has 5 saturated heterocycles. The average Bonchev–Trinajstić information content (AvgIpc) is 1.08. The topological polar surface area (TPSA) is 413 Å². The molecule has 15 N–H and O–H groups in total. The van der Waals surface area contributed by atoms with E-state index in [0.717, 1.165) is 12.0 Å². The maximum Gasteiger partial charge on any atom is 0.315 e. The van der Waals surface area contributed by atoms with Crippen molar-refractivity contribution in [2.75, 3.05) is 33.0 Å². The summed E-state index contributed by atoms with van der Waals surface area (Å²) >= 11 is 0. The van der Waals surface area contributed by atoms with E-state index >= 15 is 4.79 Å². The number of hydrogen-bond acceptors (Lipinski definition) is 26. The molecule has 5 aliphatic heterocycles. The van der Waals surface area contributed by atoms with Crippen molar-refractivity contribution < 1.29 is 129 Å². The summed E-state index contributed by atoms with van der Waals surface area (Å²) in [4.78, 5) is 15.4. The van der Waals surface area contributed by atoms with Gasteiger partial charge >= 0.3 is 5.97 Å². The van der Waals surface area contributed by atoms with Crippen LogP contribution in [0.5, 0.6) is 0 Å². The van der Waals surface area contributed by atoms with E-state index in [0.29, 0.717) is 57.8 Å². The summed E-state index contributed by atoms with van der Waals surface area (Å²) in [6.45, 7) is 12.3. The SMILES string of the molecule is C[C@H]1O[C@H](O[C@H]2[C@H](O[C@@H]3CC[C@@]4(C)[C@@H](CC[C@]5(C)[C@@H]4CC=C4[C@H]6CC(C)(C)CC[C@@]6(C(=O)O[C@@H]6O[C@@H](CO)[C@H](O)[C@@H](O)[C@@H]6O[C@H]6O[C@@H](CO)[C@@H](O)[C@H](O)[C@@H]6O)CC[C@]45C)[C@]3(C)CO)OC[C@H](O)[C@@H]2O)[C@@H](O)[C@@H](O[C@@H]2OC[C@H](O)[C@H](O)[C@H]2O)[C@@H]1O. The van der Waals surface area contributed by atoms with Crippen molar-refractivity contribution in [3.63, 3.8) is 0 Å². The van der Waals surface area contributed by atoms with E-state index in [2.05, 4.69) is 40.7 Å². The Bertz CT molecular complexity index is 2330. The maximum absolute atomic E-state index is 15.4. The van der Waals surface area contributed by atoms with Crippen LogP contribution in [0.3, 0.4) is 0 Å². The number of allylic oxidation sites excluding steroid dienone is 2. The van der Waals surface area contributed by atoms with Gasteiger partial charge in [-0.05, 0) is 111 Å². The Hall–Kier alpha value is -1.75. The Morgan fingerprint density at radius 3 is 1.77 bits per heavy atom. The lowest BCUT2D eigenvalue weighted by atomic mass is 9.33. The fraction of sp³-hybridized carbons (Fsp3) is 0.948. The molecule has 10 rings (SSSR count). The molecule has 5 heterocycles. The van der Waals surface area contributed by atoms with E-state index in [9.17, 15) is 76.6 Å². The molecule has 0 amide bonds. The second-order valence-electron chi connectivity index (χ2n) is 28.0. The van der Waals surface area contributed by atoms with Gasteiger partial charge in [0, 0.05) is 5.41 Å². The van der Waals surface area contributed by atoms with Crippen LogP contribution < -0.4 is 0 Å². The molecule has 0 aromatic rings. The van der Waals surface area contributed by atoms with E-state index in [4.69, 9.17) is 47.4 Å². The van der Waals surface area contributed by atoms with Crippen LogP contribution in [0, 0.1) is 50.2 Å². The molecule has 0 unspecified atom stereocenters. The molecular formula is C58H94O26. The third-order valence-electron chi connectivity index (χ3n) is 22.9. The highest BCUT2D eigenvalue weighted by Crippen LogP contribution is 2.76. The summed E-state index contributed by atoms with van der Waals surface area (Å²) in [5.74, 6) is -0.960. The van der Waals surface area contributed by atoms with E-state index < -0.39 is 189 Å². The monoisotopic (exact) mass is 1210 g/mol. The molecule has 84 heavy (non-hydrogen) atoms. The first-order valence-corrected chi connectivity index (χ1v) is 30.2. The summed E-state index contributed by atoms with van der Waals surface area (Å²) < 4.78 is 60.0. The molecule has 0 aromatic carbocycles. The van der Waals surface area contributed by atoms with E-state index in [1.54, 1.807) is 0 Å². The van der Waals surface area contributed by atoms with E-state index in [-0.39, 0.29) is 47.2 Å². The molecule has 10 aliphatic rings. The van der Waals surface area contributed by atoms with Crippen molar-refractivity contribution in [3.8, 4) is 0 Å². The predicted octanol–water partition coefficient (Wildman–Crippen LogP) is -2.93. The van der Waals surface area contributed by atoms with Crippen LogP contribution in [0.25, 0.3) is 0 Å². The molecule has 26 heteroatoms. The summed E-state index contributed by atoms with van der Waals surface area (Å²) in [7, 11) is 0. The van der Waals surface area contributed by atoms with Gasteiger partial charge in [-0.2, -0.15) is 0 Å². The van der Waals surface area contributed by atoms with Crippen molar-refractivity contribution >= 4 is 5.97 Å². The number of ether oxygens (including phenoxy) is 10. The second kappa shape index (κ2) is 24.1.